The maximum atomic E-state index is 13.4. The highest BCUT2D eigenvalue weighted by atomic mass is 32.1. The molecule has 0 spiro atoms. The summed E-state index contributed by atoms with van der Waals surface area (Å²) >= 11 is 4.19. The smallest absolute Gasteiger partial charge is 0.235 e. The molecule has 4 aromatic heterocycles. The molecular formula is C29H25F3N4S3. The molecule has 0 bridgehead atoms. The van der Waals surface area contributed by atoms with Crippen molar-refractivity contribution < 1.29 is 13.2 Å². The summed E-state index contributed by atoms with van der Waals surface area (Å²) in [7, 11) is 0. The van der Waals surface area contributed by atoms with Crippen molar-refractivity contribution in [2.75, 3.05) is 0 Å². The normalized spacial score (nSPS) is 13.2. The van der Waals surface area contributed by atoms with Crippen molar-refractivity contribution in [2.45, 2.75) is 52.6 Å². The van der Waals surface area contributed by atoms with Crippen LogP contribution in [0.15, 0.2) is 48.1 Å². The van der Waals surface area contributed by atoms with E-state index in [1.807, 2.05) is 5.38 Å². The molecular weight excluding hydrogens is 558 g/mol. The van der Waals surface area contributed by atoms with E-state index < -0.39 is 11.6 Å². The lowest BCUT2D eigenvalue weighted by Gasteiger charge is -2.26. The highest BCUT2D eigenvalue weighted by molar-refractivity contribution is 7.28. The fourth-order valence-corrected chi connectivity index (χ4v) is 8.02. The zero-order valence-corrected chi connectivity index (χ0v) is 24.4. The van der Waals surface area contributed by atoms with Crippen LogP contribution in [0.25, 0.3) is 52.5 Å². The van der Waals surface area contributed by atoms with Crippen LogP contribution >= 0.6 is 34.0 Å². The first-order valence-corrected chi connectivity index (χ1v) is 14.9. The van der Waals surface area contributed by atoms with E-state index in [9.17, 15) is 13.2 Å². The van der Waals surface area contributed by atoms with Gasteiger partial charge in [0.05, 0.1) is 26.3 Å². The van der Waals surface area contributed by atoms with Crippen LogP contribution in [0.4, 0.5) is 13.2 Å². The number of thiophene rings is 1. The van der Waals surface area contributed by atoms with Crippen LogP contribution < -0.4 is 0 Å². The Bertz CT molecular complexity index is 1820. The van der Waals surface area contributed by atoms with E-state index in [4.69, 9.17) is 9.97 Å². The molecule has 10 heteroatoms. The second-order valence-corrected chi connectivity index (χ2v) is 14.3. The minimum atomic E-state index is -4.30. The molecule has 0 radical (unpaired) electrons. The van der Waals surface area contributed by atoms with E-state index in [-0.39, 0.29) is 11.8 Å². The number of aromatic nitrogens is 4. The molecule has 0 aliphatic heterocycles. The van der Waals surface area contributed by atoms with E-state index in [0.717, 1.165) is 32.0 Å². The lowest BCUT2D eigenvalue weighted by molar-refractivity contribution is -0.211. The lowest BCUT2D eigenvalue weighted by atomic mass is 9.82. The fraction of sp³-hybridized carbons (Fsp3) is 0.310. The van der Waals surface area contributed by atoms with Gasteiger partial charge in [0, 0.05) is 22.9 Å². The molecule has 0 atom stereocenters. The van der Waals surface area contributed by atoms with Crippen LogP contribution in [0.3, 0.4) is 0 Å². The molecule has 6 rings (SSSR count). The second kappa shape index (κ2) is 9.04. The van der Waals surface area contributed by atoms with Crippen molar-refractivity contribution in [1.29, 1.82) is 0 Å². The quantitative estimate of drug-likeness (QED) is 0.208. The van der Waals surface area contributed by atoms with E-state index >= 15 is 0 Å². The van der Waals surface area contributed by atoms with Crippen molar-refractivity contribution >= 4 is 64.7 Å². The maximum Gasteiger partial charge on any atom is 0.394 e. The summed E-state index contributed by atoms with van der Waals surface area (Å²) in [4.78, 5) is 19.8. The van der Waals surface area contributed by atoms with Gasteiger partial charge in [-0.3, -0.25) is 0 Å². The summed E-state index contributed by atoms with van der Waals surface area (Å²) in [6.45, 7) is 9.06. The molecule has 0 aliphatic rings. The summed E-state index contributed by atoms with van der Waals surface area (Å²) in [6, 6.07) is 12.8. The van der Waals surface area contributed by atoms with E-state index in [1.165, 1.54) is 52.9 Å². The van der Waals surface area contributed by atoms with E-state index in [2.05, 4.69) is 67.1 Å². The highest BCUT2D eigenvalue weighted by Crippen LogP contribution is 2.44. The maximum absolute atomic E-state index is 13.4. The number of hydrogen-bond donors (Lipinski definition) is 0. The van der Waals surface area contributed by atoms with Gasteiger partial charge in [-0.15, -0.1) is 11.3 Å². The molecule has 0 unspecified atom stereocenters. The molecule has 0 fully saturated rings. The number of thiazole rings is 2. The predicted octanol–water partition coefficient (Wildman–Crippen LogP) is 9.67. The van der Waals surface area contributed by atoms with Gasteiger partial charge in [0.2, 0.25) is 0 Å². The van der Waals surface area contributed by atoms with Crippen LogP contribution in [-0.4, -0.2) is 26.1 Å². The third-order valence-corrected chi connectivity index (χ3v) is 9.94. The van der Waals surface area contributed by atoms with Crippen molar-refractivity contribution in [2.24, 2.45) is 5.41 Å². The van der Waals surface area contributed by atoms with Crippen molar-refractivity contribution in [1.82, 2.24) is 19.9 Å². The van der Waals surface area contributed by atoms with E-state index in [1.54, 1.807) is 17.7 Å². The SMILES string of the molecule is CC(C)(C)c1cc(-c2ncnc3c(-c4nc5sc(CC(C)(C)C(F)(F)F)nc5s4)csc23)cc2ccccc12. The second-order valence-electron chi connectivity index (χ2n) is 11.3. The molecule has 0 saturated heterocycles. The Morgan fingerprint density at radius 3 is 2.33 bits per heavy atom. The topological polar surface area (TPSA) is 51.6 Å². The fourth-order valence-electron chi connectivity index (χ4n) is 4.63. The number of fused-ring (bicyclic) bond motifs is 3. The number of alkyl halides is 3. The van der Waals surface area contributed by atoms with Crippen molar-refractivity contribution in [3.05, 3.63) is 58.7 Å². The third-order valence-electron chi connectivity index (χ3n) is 6.91. The number of nitrogens with zero attached hydrogens (tertiary/aromatic N) is 4. The third kappa shape index (κ3) is 4.62. The monoisotopic (exact) mass is 582 g/mol. The van der Waals surface area contributed by atoms with Crippen LogP contribution in [0.1, 0.15) is 45.2 Å². The molecule has 0 saturated carbocycles. The zero-order chi connectivity index (χ0) is 27.7. The number of rotatable bonds is 4. The summed E-state index contributed by atoms with van der Waals surface area (Å²) in [5.41, 5.74) is 2.99. The van der Waals surface area contributed by atoms with Crippen molar-refractivity contribution in [3.8, 4) is 21.8 Å². The average Bonchev–Trinajstić information content (AvgIpc) is 3.54. The van der Waals surface area contributed by atoms with E-state index in [0.29, 0.717) is 14.7 Å². The minimum Gasteiger partial charge on any atom is -0.235 e. The van der Waals surface area contributed by atoms with Crippen LogP contribution in [-0.2, 0) is 11.8 Å². The van der Waals surface area contributed by atoms with Gasteiger partial charge < -0.3 is 0 Å². The van der Waals surface area contributed by atoms with Crippen LogP contribution in [0.2, 0.25) is 0 Å². The van der Waals surface area contributed by atoms with Crippen molar-refractivity contribution in [3.63, 3.8) is 0 Å². The van der Waals surface area contributed by atoms with Gasteiger partial charge in [-0.25, -0.2) is 19.9 Å². The number of hydrogen-bond acceptors (Lipinski definition) is 7. The Balaban J connectivity index is 1.41. The molecule has 39 heavy (non-hydrogen) atoms. The first kappa shape index (κ1) is 26.3. The van der Waals surface area contributed by atoms with Gasteiger partial charge in [-0.1, -0.05) is 81.6 Å². The largest absolute Gasteiger partial charge is 0.394 e. The molecule has 4 heterocycles. The summed E-state index contributed by atoms with van der Waals surface area (Å²) in [5.74, 6) is 0. The Labute approximate surface area is 235 Å². The highest BCUT2D eigenvalue weighted by Gasteiger charge is 2.47. The standard InChI is InChI=1S/C29H25F3N4S3/c1-27(2,3)19-11-16(10-15-8-6-7-9-17(15)19)21-23-22(34-14-33-21)18(13-37-23)24-36-26-25(39-24)35-20(38-26)12-28(4,5)29(30,31)32/h6-11,13-14H,12H2,1-5H3. The van der Waals surface area contributed by atoms with Gasteiger partial charge in [0.1, 0.15) is 11.3 Å². The Kier molecular flexibility index (Phi) is 6.09. The lowest BCUT2D eigenvalue weighted by Crippen LogP contribution is -2.34. The van der Waals surface area contributed by atoms with Crippen LogP contribution in [0.5, 0.6) is 0 Å². The summed E-state index contributed by atoms with van der Waals surface area (Å²) in [5, 5.41) is 5.64. The number of halogens is 3. The minimum absolute atomic E-state index is 0.0455. The Hall–Kier alpha value is -2.95. The number of benzene rings is 2. The Morgan fingerprint density at radius 2 is 1.62 bits per heavy atom. The summed E-state index contributed by atoms with van der Waals surface area (Å²) in [6.07, 6.45) is -2.87. The molecule has 0 amide bonds. The van der Waals surface area contributed by atoms with Crippen LogP contribution in [0, 0.1) is 5.41 Å². The Morgan fingerprint density at radius 1 is 0.872 bits per heavy atom. The average molecular weight is 583 g/mol. The molecule has 6 aromatic rings. The molecule has 2 aromatic carbocycles. The van der Waals surface area contributed by atoms with Gasteiger partial charge >= 0.3 is 6.18 Å². The van der Waals surface area contributed by atoms with Gasteiger partial charge in [0.25, 0.3) is 0 Å². The molecule has 200 valence electrons. The summed E-state index contributed by atoms with van der Waals surface area (Å²) < 4.78 is 41.1. The first-order valence-electron chi connectivity index (χ1n) is 12.4. The van der Waals surface area contributed by atoms with Gasteiger partial charge in [-0.05, 0) is 33.9 Å². The molecule has 0 aliphatic carbocycles. The van der Waals surface area contributed by atoms with Gasteiger partial charge in [0.15, 0.2) is 9.66 Å². The first-order chi connectivity index (χ1) is 18.3. The zero-order valence-electron chi connectivity index (χ0n) is 22.0. The van der Waals surface area contributed by atoms with Gasteiger partial charge in [-0.2, -0.15) is 13.2 Å². The molecule has 4 nitrogen and oxygen atoms in total. The predicted molar refractivity (Wildman–Crippen MR) is 157 cm³/mol. The molecule has 0 N–H and O–H groups in total.